The molecule has 12 rings (SSSR count). The van der Waals surface area contributed by atoms with E-state index in [-0.39, 0.29) is 0 Å². The molecule has 1 heterocycles. The van der Waals surface area contributed by atoms with E-state index in [0.29, 0.717) is 0 Å². The molecule has 0 N–H and O–H groups in total. The number of aromatic nitrogens is 1. The summed E-state index contributed by atoms with van der Waals surface area (Å²) in [6, 6.07) is 96.7. The average molecular weight is 841 g/mol. The Morgan fingerprint density at radius 1 is 0.258 bits per heavy atom. The lowest BCUT2D eigenvalue weighted by Gasteiger charge is -2.26. The van der Waals surface area contributed by atoms with Gasteiger partial charge in [-0.2, -0.15) is 0 Å². The first-order chi connectivity index (χ1) is 32.7. The summed E-state index contributed by atoms with van der Waals surface area (Å²) in [5.41, 5.74) is 18.8. The van der Waals surface area contributed by atoms with Crippen LogP contribution in [0.1, 0.15) is 0 Å². The molecule has 0 fully saturated rings. The molecule has 2 heteroatoms. The molecule has 0 radical (unpaired) electrons. The molecule has 0 saturated carbocycles. The maximum absolute atomic E-state index is 2.39. The third kappa shape index (κ3) is 7.12. The fourth-order valence-corrected chi connectivity index (χ4v) is 9.77. The van der Waals surface area contributed by atoms with E-state index in [1.54, 1.807) is 0 Å². The number of anilines is 3. The Labute approximate surface area is 385 Å². The van der Waals surface area contributed by atoms with Crippen LogP contribution in [0.2, 0.25) is 0 Å². The quantitative estimate of drug-likeness (QED) is 0.141. The number of rotatable bonds is 9. The summed E-state index contributed by atoms with van der Waals surface area (Å²) in [5.74, 6) is 0. The summed E-state index contributed by atoms with van der Waals surface area (Å²) in [5, 5.41) is 5.02. The Bertz CT molecular complexity index is 3640. The maximum Gasteiger partial charge on any atom is 0.0547 e. The van der Waals surface area contributed by atoms with E-state index in [1.807, 2.05) is 0 Å². The summed E-state index contributed by atoms with van der Waals surface area (Å²) < 4.78 is 2.39. The minimum Gasteiger partial charge on any atom is -0.311 e. The predicted octanol–water partition coefficient (Wildman–Crippen LogP) is 17.7. The molecule has 66 heavy (non-hydrogen) atoms. The van der Waals surface area contributed by atoms with Crippen LogP contribution in [-0.2, 0) is 0 Å². The van der Waals surface area contributed by atoms with E-state index in [0.717, 1.165) is 22.7 Å². The van der Waals surface area contributed by atoms with Gasteiger partial charge >= 0.3 is 0 Å². The molecule has 11 aromatic carbocycles. The highest BCUT2D eigenvalue weighted by molar-refractivity contribution is 6.16. The number of hydrogen-bond donors (Lipinski definition) is 0. The molecule has 0 aliphatic rings. The Morgan fingerprint density at radius 3 is 1.35 bits per heavy atom. The molecule has 2 nitrogen and oxygen atoms in total. The molecule has 0 spiro atoms. The fraction of sp³-hybridized carbons (Fsp3) is 0. The summed E-state index contributed by atoms with van der Waals surface area (Å²) in [6.07, 6.45) is 0. The fourth-order valence-electron chi connectivity index (χ4n) is 9.77. The highest BCUT2D eigenvalue weighted by Crippen LogP contribution is 2.43. The van der Waals surface area contributed by atoms with Gasteiger partial charge in [0.15, 0.2) is 0 Å². The second kappa shape index (κ2) is 16.8. The van der Waals surface area contributed by atoms with E-state index in [9.17, 15) is 0 Å². The first kappa shape index (κ1) is 38.9. The van der Waals surface area contributed by atoms with E-state index in [2.05, 4.69) is 276 Å². The van der Waals surface area contributed by atoms with Gasteiger partial charge in [-0.05, 0) is 133 Å². The minimum atomic E-state index is 1.09. The van der Waals surface area contributed by atoms with Crippen molar-refractivity contribution in [2.45, 2.75) is 0 Å². The summed E-state index contributed by atoms with van der Waals surface area (Å²) in [4.78, 5) is 2.36. The van der Waals surface area contributed by atoms with Crippen molar-refractivity contribution >= 4 is 49.6 Å². The van der Waals surface area contributed by atoms with Gasteiger partial charge in [0, 0.05) is 33.5 Å². The molecule has 0 aliphatic heterocycles. The minimum absolute atomic E-state index is 1.09. The summed E-state index contributed by atoms with van der Waals surface area (Å²) in [7, 11) is 0. The highest BCUT2D eigenvalue weighted by atomic mass is 15.1. The number of nitrogens with zero attached hydrogens (tertiary/aromatic N) is 2. The van der Waals surface area contributed by atoms with Crippen molar-refractivity contribution in [1.29, 1.82) is 0 Å². The zero-order valence-corrected chi connectivity index (χ0v) is 36.3. The smallest absolute Gasteiger partial charge is 0.0547 e. The Hall–Kier alpha value is -8.72. The second-order valence-electron chi connectivity index (χ2n) is 16.9. The zero-order valence-electron chi connectivity index (χ0n) is 36.3. The molecule has 12 aromatic rings. The predicted molar refractivity (Wildman–Crippen MR) is 280 cm³/mol. The Kier molecular flexibility index (Phi) is 9.89. The van der Waals surface area contributed by atoms with Gasteiger partial charge in [-0.25, -0.2) is 0 Å². The lowest BCUT2D eigenvalue weighted by atomic mass is 9.92. The van der Waals surface area contributed by atoms with Crippen molar-refractivity contribution in [3.63, 3.8) is 0 Å². The Balaban J connectivity index is 0.903. The third-order valence-electron chi connectivity index (χ3n) is 13.0. The topological polar surface area (TPSA) is 8.17 Å². The van der Waals surface area contributed by atoms with Crippen molar-refractivity contribution in [2.24, 2.45) is 0 Å². The lowest BCUT2D eigenvalue weighted by molar-refractivity contribution is 1.18. The number of benzene rings is 11. The van der Waals surface area contributed by atoms with Crippen LogP contribution in [0, 0.1) is 0 Å². The molecule has 0 saturated heterocycles. The number of para-hydroxylation sites is 2. The second-order valence-corrected chi connectivity index (χ2v) is 16.9. The van der Waals surface area contributed by atoms with Crippen molar-refractivity contribution < 1.29 is 0 Å². The molecule has 1 aromatic heterocycles. The molecule has 0 amide bonds. The lowest BCUT2D eigenvalue weighted by Crippen LogP contribution is -2.09. The summed E-state index contributed by atoms with van der Waals surface area (Å²) >= 11 is 0. The van der Waals surface area contributed by atoms with Gasteiger partial charge in [-0.15, -0.1) is 0 Å². The monoisotopic (exact) mass is 840 g/mol. The first-order valence-electron chi connectivity index (χ1n) is 22.7. The van der Waals surface area contributed by atoms with Crippen LogP contribution in [-0.4, -0.2) is 4.57 Å². The van der Waals surface area contributed by atoms with Crippen LogP contribution >= 0.6 is 0 Å². The van der Waals surface area contributed by atoms with Crippen LogP contribution in [0.25, 0.3) is 93.9 Å². The van der Waals surface area contributed by atoms with Gasteiger partial charge in [0.05, 0.1) is 11.0 Å². The van der Waals surface area contributed by atoms with E-state index in [1.165, 1.54) is 88.2 Å². The number of fused-ring (bicyclic) bond motifs is 4. The third-order valence-corrected chi connectivity index (χ3v) is 13.0. The molecule has 0 aliphatic carbocycles. The molecular formula is C64H44N2. The first-order valence-corrected chi connectivity index (χ1v) is 22.7. The van der Waals surface area contributed by atoms with Crippen LogP contribution in [0.3, 0.4) is 0 Å². The van der Waals surface area contributed by atoms with Gasteiger partial charge in [-0.1, -0.05) is 200 Å². The maximum atomic E-state index is 2.39. The Morgan fingerprint density at radius 2 is 0.697 bits per heavy atom. The normalized spacial score (nSPS) is 11.3. The van der Waals surface area contributed by atoms with Crippen LogP contribution < -0.4 is 4.90 Å². The SMILES string of the molecule is c1ccc(-c2ccc(N(c3ccc(-c4ccc(-c5ccc6ccccc6c5)cc4)cc3)c3ccc(-c4ccccc4-c4cccc5c4c4ccccc4n5-c4ccccc4)cc3)cc2)cc1. The van der Waals surface area contributed by atoms with Gasteiger partial charge in [0.25, 0.3) is 0 Å². The largest absolute Gasteiger partial charge is 0.311 e. The average Bonchev–Trinajstić information content (AvgIpc) is 3.74. The standard InChI is InChI=1S/C64H44N2/c1-3-14-45(15-4-1)48-32-38-55(39-33-48)65(56-40-34-49(35-41-56)47-26-28-50(29-27-47)53-31-30-46-16-7-8-17-52(46)44-53)57-42-36-51(37-43-57)58-20-9-10-21-59(58)60-23-13-25-63-64(60)61-22-11-12-24-62(61)66(63)54-18-5-2-6-19-54/h1-44H. The van der Waals surface area contributed by atoms with E-state index in [4.69, 9.17) is 0 Å². The van der Waals surface area contributed by atoms with Crippen molar-refractivity contribution in [1.82, 2.24) is 4.57 Å². The van der Waals surface area contributed by atoms with Gasteiger partial charge < -0.3 is 9.47 Å². The molecular weight excluding hydrogens is 797 g/mol. The molecule has 0 atom stereocenters. The van der Waals surface area contributed by atoms with Crippen molar-refractivity contribution in [3.05, 3.63) is 267 Å². The molecule has 0 unspecified atom stereocenters. The van der Waals surface area contributed by atoms with Gasteiger partial charge in [0.2, 0.25) is 0 Å². The molecule has 0 bridgehead atoms. The zero-order chi connectivity index (χ0) is 43.8. The van der Waals surface area contributed by atoms with Gasteiger partial charge in [-0.3, -0.25) is 0 Å². The van der Waals surface area contributed by atoms with Crippen LogP contribution in [0.5, 0.6) is 0 Å². The van der Waals surface area contributed by atoms with Crippen molar-refractivity contribution in [3.8, 4) is 61.3 Å². The van der Waals surface area contributed by atoms with E-state index < -0.39 is 0 Å². The van der Waals surface area contributed by atoms with Gasteiger partial charge in [0.1, 0.15) is 0 Å². The number of hydrogen-bond acceptors (Lipinski definition) is 1. The summed E-state index contributed by atoms with van der Waals surface area (Å²) in [6.45, 7) is 0. The highest BCUT2D eigenvalue weighted by Gasteiger charge is 2.19. The van der Waals surface area contributed by atoms with Crippen molar-refractivity contribution in [2.75, 3.05) is 4.90 Å². The molecule has 310 valence electrons. The van der Waals surface area contributed by atoms with Crippen LogP contribution in [0.15, 0.2) is 267 Å². The van der Waals surface area contributed by atoms with Crippen LogP contribution in [0.4, 0.5) is 17.1 Å². The van der Waals surface area contributed by atoms with E-state index >= 15 is 0 Å².